The van der Waals surface area contributed by atoms with Crippen molar-refractivity contribution >= 4 is 10.8 Å². The van der Waals surface area contributed by atoms with Crippen LogP contribution in [0.5, 0.6) is 0 Å². The SMILES string of the molecule is COCCCS(=O)CC(N)c1ccccc1. The molecule has 3 nitrogen and oxygen atoms in total. The molecule has 0 saturated carbocycles. The maximum atomic E-state index is 11.7. The van der Waals surface area contributed by atoms with Gasteiger partial charge in [0.25, 0.3) is 0 Å². The van der Waals surface area contributed by atoms with Gasteiger partial charge in [-0.2, -0.15) is 0 Å². The van der Waals surface area contributed by atoms with Crippen molar-refractivity contribution in [3.8, 4) is 0 Å². The predicted molar refractivity (Wildman–Crippen MR) is 67.7 cm³/mol. The lowest BCUT2D eigenvalue weighted by atomic mass is 10.1. The van der Waals surface area contributed by atoms with E-state index in [0.717, 1.165) is 12.0 Å². The van der Waals surface area contributed by atoms with E-state index in [1.165, 1.54) is 0 Å². The summed E-state index contributed by atoms with van der Waals surface area (Å²) in [6, 6.07) is 9.65. The van der Waals surface area contributed by atoms with Gasteiger partial charge in [0.05, 0.1) is 0 Å². The first-order chi connectivity index (χ1) is 7.74. The maximum Gasteiger partial charge on any atom is 0.0471 e. The van der Waals surface area contributed by atoms with Crippen molar-refractivity contribution in [2.45, 2.75) is 12.5 Å². The molecule has 0 aliphatic carbocycles. The Morgan fingerprint density at radius 2 is 2.06 bits per heavy atom. The van der Waals surface area contributed by atoms with Gasteiger partial charge in [0, 0.05) is 42.1 Å². The Bertz CT molecular complexity index is 316. The Labute approximate surface area is 99.4 Å². The molecule has 90 valence electrons. The smallest absolute Gasteiger partial charge is 0.0471 e. The third kappa shape index (κ3) is 4.88. The number of hydrogen-bond donors (Lipinski definition) is 1. The molecule has 0 radical (unpaired) electrons. The first-order valence-electron chi connectivity index (χ1n) is 5.38. The Hall–Kier alpha value is -0.710. The summed E-state index contributed by atoms with van der Waals surface area (Å²) < 4.78 is 16.6. The molecule has 0 amide bonds. The van der Waals surface area contributed by atoms with Gasteiger partial charge in [-0.25, -0.2) is 0 Å². The van der Waals surface area contributed by atoms with E-state index in [0.29, 0.717) is 18.1 Å². The van der Waals surface area contributed by atoms with E-state index in [1.54, 1.807) is 7.11 Å². The molecule has 0 spiro atoms. The molecule has 0 aromatic heterocycles. The Balaban J connectivity index is 2.34. The summed E-state index contributed by atoms with van der Waals surface area (Å²) in [5.74, 6) is 1.18. The minimum atomic E-state index is -0.857. The van der Waals surface area contributed by atoms with E-state index < -0.39 is 10.8 Å². The summed E-state index contributed by atoms with van der Waals surface area (Å²) in [5.41, 5.74) is 7.02. The van der Waals surface area contributed by atoms with Gasteiger partial charge in [-0.1, -0.05) is 30.3 Å². The standard InChI is InChI=1S/C12H19NO2S/c1-15-8-5-9-16(14)10-12(13)11-6-3-2-4-7-11/h2-4,6-7,12H,5,8-10,13H2,1H3. The molecule has 0 saturated heterocycles. The van der Waals surface area contributed by atoms with Crippen molar-refractivity contribution < 1.29 is 8.95 Å². The van der Waals surface area contributed by atoms with Crippen LogP contribution in [0.2, 0.25) is 0 Å². The average molecular weight is 241 g/mol. The molecule has 1 aromatic carbocycles. The van der Waals surface area contributed by atoms with E-state index in [4.69, 9.17) is 10.5 Å². The second-order valence-electron chi connectivity index (χ2n) is 3.67. The third-order valence-electron chi connectivity index (χ3n) is 2.31. The first kappa shape index (κ1) is 13.4. The molecule has 0 aliphatic rings. The highest BCUT2D eigenvalue weighted by molar-refractivity contribution is 7.85. The fourth-order valence-corrected chi connectivity index (χ4v) is 2.64. The van der Waals surface area contributed by atoms with Crippen molar-refractivity contribution in [1.82, 2.24) is 0 Å². The minimum Gasteiger partial charge on any atom is -0.385 e. The molecule has 2 N–H and O–H groups in total. The molecular weight excluding hydrogens is 222 g/mol. The van der Waals surface area contributed by atoms with Crippen LogP contribution in [0.3, 0.4) is 0 Å². The van der Waals surface area contributed by atoms with Gasteiger partial charge >= 0.3 is 0 Å². The van der Waals surface area contributed by atoms with E-state index >= 15 is 0 Å². The van der Waals surface area contributed by atoms with Gasteiger partial charge in [0.1, 0.15) is 0 Å². The highest BCUT2D eigenvalue weighted by Gasteiger charge is 2.09. The van der Waals surface area contributed by atoms with Crippen molar-refractivity contribution in [3.63, 3.8) is 0 Å². The minimum absolute atomic E-state index is 0.135. The molecule has 4 heteroatoms. The average Bonchev–Trinajstić information content (AvgIpc) is 2.30. The fourth-order valence-electron chi connectivity index (χ4n) is 1.44. The number of methoxy groups -OCH3 is 1. The zero-order valence-electron chi connectivity index (χ0n) is 9.59. The molecule has 2 atom stereocenters. The lowest BCUT2D eigenvalue weighted by Crippen LogP contribution is -2.20. The number of nitrogens with two attached hydrogens (primary N) is 1. The molecule has 16 heavy (non-hydrogen) atoms. The Kier molecular flexibility index (Phi) is 6.30. The van der Waals surface area contributed by atoms with Crippen LogP contribution in [0.4, 0.5) is 0 Å². The number of rotatable bonds is 7. The zero-order chi connectivity index (χ0) is 11.8. The van der Waals surface area contributed by atoms with E-state index in [-0.39, 0.29) is 6.04 Å². The number of hydrogen-bond acceptors (Lipinski definition) is 3. The molecule has 0 bridgehead atoms. The fraction of sp³-hybridized carbons (Fsp3) is 0.500. The van der Waals surface area contributed by atoms with E-state index in [1.807, 2.05) is 30.3 Å². The number of benzene rings is 1. The maximum absolute atomic E-state index is 11.7. The molecule has 0 heterocycles. The summed E-state index contributed by atoms with van der Waals surface area (Å²) in [6.45, 7) is 0.659. The Morgan fingerprint density at radius 3 is 2.69 bits per heavy atom. The topological polar surface area (TPSA) is 52.3 Å². The van der Waals surface area contributed by atoms with Gasteiger partial charge < -0.3 is 10.5 Å². The van der Waals surface area contributed by atoms with Crippen LogP contribution in [0.25, 0.3) is 0 Å². The van der Waals surface area contributed by atoms with Crippen LogP contribution in [0, 0.1) is 0 Å². The summed E-state index contributed by atoms with van der Waals surface area (Å²) in [4.78, 5) is 0. The highest BCUT2D eigenvalue weighted by Crippen LogP contribution is 2.10. The van der Waals surface area contributed by atoms with Crippen LogP contribution >= 0.6 is 0 Å². The first-order valence-corrected chi connectivity index (χ1v) is 6.87. The summed E-state index contributed by atoms with van der Waals surface area (Å²) in [5, 5.41) is 0. The molecule has 2 unspecified atom stereocenters. The largest absolute Gasteiger partial charge is 0.385 e. The van der Waals surface area contributed by atoms with Crippen molar-refractivity contribution in [1.29, 1.82) is 0 Å². The summed E-state index contributed by atoms with van der Waals surface area (Å²) >= 11 is 0. The number of ether oxygens (including phenoxy) is 1. The van der Waals surface area contributed by atoms with Crippen molar-refractivity contribution in [2.24, 2.45) is 5.73 Å². The molecule has 0 fully saturated rings. The van der Waals surface area contributed by atoms with Gasteiger partial charge in [-0.05, 0) is 12.0 Å². The lowest BCUT2D eigenvalue weighted by Gasteiger charge is -2.11. The van der Waals surface area contributed by atoms with Gasteiger partial charge in [0.15, 0.2) is 0 Å². The lowest BCUT2D eigenvalue weighted by molar-refractivity contribution is 0.200. The van der Waals surface area contributed by atoms with Crippen LogP contribution < -0.4 is 5.73 Å². The van der Waals surface area contributed by atoms with Crippen LogP contribution in [-0.2, 0) is 15.5 Å². The third-order valence-corrected chi connectivity index (χ3v) is 3.79. The molecule has 1 rings (SSSR count). The van der Waals surface area contributed by atoms with Crippen LogP contribution in [0.15, 0.2) is 30.3 Å². The van der Waals surface area contributed by atoms with E-state index in [9.17, 15) is 4.21 Å². The van der Waals surface area contributed by atoms with Gasteiger partial charge in [0.2, 0.25) is 0 Å². The second-order valence-corrected chi connectivity index (χ2v) is 5.30. The highest BCUT2D eigenvalue weighted by atomic mass is 32.2. The quantitative estimate of drug-likeness (QED) is 0.736. The van der Waals surface area contributed by atoms with Crippen LogP contribution in [0.1, 0.15) is 18.0 Å². The van der Waals surface area contributed by atoms with E-state index in [2.05, 4.69) is 0 Å². The monoisotopic (exact) mass is 241 g/mol. The predicted octanol–water partition coefficient (Wildman–Crippen LogP) is 1.47. The van der Waals surface area contributed by atoms with Crippen LogP contribution in [-0.4, -0.2) is 29.4 Å². The van der Waals surface area contributed by atoms with Crippen molar-refractivity contribution in [3.05, 3.63) is 35.9 Å². The van der Waals surface area contributed by atoms with Crippen molar-refractivity contribution in [2.75, 3.05) is 25.2 Å². The molecule has 0 aliphatic heterocycles. The molecule has 1 aromatic rings. The summed E-state index contributed by atoms with van der Waals surface area (Å²) in [6.07, 6.45) is 0.824. The zero-order valence-corrected chi connectivity index (χ0v) is 10.4. The van der Waals surface area contributed by atoms with Gasteiger partial charge in [-0.3, -0.25) is 4.21 Å². The summed E-state index contributed by atoms with van der Waals surface area (Å²) in [7, 11) is 0.794. The normalized spacial score (nSPS) is 14.6. The second kappa shape index (κ2) is 7.54. The van der Waals surface area contributed by atoms with Gasteiger partial charge in [-0.15, -0.1) is 0 Å². The molecular formula is C12H19NO2S. The Morgan fingerprint density at radius 1 is 1.38 bits per heavy atom.